The summed E-state index contributed by atoms with van der Waals surface area (Å²) >= 11 is 10.3. The number of hydrogen-bond donors (Lipinski definition) is 1. The number of nitrogens with one attached hydrogen (secondary N) is 1. The molecule has 0 unspecified atom stereocenters. The second-order valence-corrected chi connectivity index (χ2v) is 17.7. The second kappa shape index (κ2) is 29.2. The molecule has 1 heterocycles. The fraction of sp³-hybridized carbons (Fsp3) is 0.711. The SMILES string of the molecule is CCCCCCCCCCCCSCc1ccc(N2C[C@H](CCCC)C(=S)N(c3ccc(CSCCCCCCCCCCCC)cc3)N2)cc1. The average Bonchev–Trinajstić information content (AvgIpc) is 3.16. The lowest BCUT2D eigenvalue weighted by Gasteiger charge is -2.43. The third kappa shape index (κ3) is 19.1. The third-order valence-electron chi connectivity index (χ3n) is 10.4. The lowest BCUT2D eigenvalue weighted by Crippen LogP contribution is -2.61. The Kier molecular flexibility index (Phi) is 25.3. The summed E-state index contributed by atoms with van der Waals surface area (Å²) in [4.78, 5) is 1.02. The molecule has 0 radical (unpaired) electrons. The van der Waals surface area contributed by atoms with Crippen LogP contribution in [0.3, 0.4) is 0 Å². The number of nitrogens with zero attached hydrogens (tertiary/aromatic N) is 2. The van der Waals surface area contributed by atoms with E-state index in [9.17, 15) is 0 Å². The van der Waals surface area contributed by atoms with Gasteiger partial charge in [0.15, 0.2) is 0 Å². The Bertz CT molecular complexity index is 1120. The third-order valence-corrected chi connectivity index (χ3v) is 13.1. The maximum atomic E-state index is 6.11. The highest BCUT2D eigenvalue weighted by Gasteiger charge is 2.30. The Morgan fingerprint density at radius 1 is 0.529 bits per heavy atom. The summed E-state index contributed by atoms with van der Waals surface area (Å²) in [7, 11) is 0. The Morgan fingerprint density at radius 3 is 1.35 bits per heavy atom. The van der Waals surface area contributed by atoms with Crippen LogP contribution in [0.2, 0.25) is 0 Å². The van der Waals surface area contributed by atoms with Gasteiger partial charge in [-0.15, -0.1) is 5.53 Å². The van der Waals surface area contributed by atoms with Crippen molar-refractivity contribution >= 4 is 52.1 Å². The molecule has 288 valence electrons. The number of unbranched alkanes of at least 4 members (excludes halogenated alkanes) is 19. The van der Waals surface area contributed by atoms with Crippen LogP contribution in [0, 0.1) is 5.92 Å². The molecule has 51 heavy (non-hydrogen) atoms. The van der Waals surface area contributed by atoms with Crippen molar-refractivity contribution in [3.05, 3.63) is 59.7 Å². The van der Waals surface area contributed by atoms with Gasteiger partial charge in [-0.05, 0) is 66.2 Å². The van der Waals surface area contributed by atoms with Crippen LogP contribution in [0.4, 0.5) is 11.4 Å². The summed E-state index contributed by atoms with van der Waals surface area (Å²) in [5, 5.41) is 4.48. The van der Waals surface area contributed by atoms with Crippen LogP contribution < -0.4 is 15.6 Å². The van der Waals surface area contributed by atoms with Gasteiger partial charge in [-0.25, -0.2) is 0 Å². The van der Waals surface area contributed by atoms with Crippen molar-refractivity contribution in [1.82, 2.24) is 5.53 Å². The molecule has 0 spiro atoms. The van der Waals surface area contributed by atoms with E-state index in [1.807, 2.05) is 0 Å². The van der Waals surface area contributed by atoms with E-state index in [0.717, 1.165) is 35.1 Å². The molecule has 1 fully saturated rings. The van der Waals surface area contributed by atoms with Crippen LogP contribution in [-0.4, -0.2) is 23.0 Å². The standard InChI is InChI=1S/C45H75N3S3/c1-4-7-10-12-14-16-18-20-22-24-35-50-38-40-27-31-43(32-28-40)47-37-42(26-9-6-3)45(49)48(46-47)44-33-29-41(30-34-44)39-51-36-25-23-21-19-17-15-13-11-8-5-2/h27-34,42,46H,4-26,35-39H2,1-3H3/t42-/m0/s1. The number of hydrogen-bond acceptors (Lipinski definition) is 5. The van der Waals surface area contributed by atoms with Crippen molar-refractivity contribution in [1.29, 1.82) is 0 Å². The molecular weight excluding hydrogens is 679 g/mol. The van der Waals surface area contributed by atoms with Gasteiger partial charge in [0.25, 0.3) is 0 Å². The van der Waals surface area contributed by atoms with Crippen LogP contribution in [0.1, 0.15) is 180 Å². The Balaban J connectivity index is 1.38. The van der Waals surface area contributed by atoms with E-state index >= 15 is 0 Å². The van der Waals surface area contributed by atoms with Crippen molar-refractivity contribution < 1.29 is 0 Å². The predicted octanol–water partition coefficient (Wildman–Crippen LogP) is 14.9. The van der Waals surface area contributed by atoms with Gasteiger partial charge in [0, 0.05) is 24.0 Å². The first-order valence-electron chi connectivity index (χ1n) is 21.4. The molecule has 0 aliphatic carbocycles. The largest absolute Gasteiger partial charge is 0.290 e. The summed E-state index contributed by atoms with van der Waals surface area (Å²) in [5.74, 6) is 5.08. The zero-order valence-corrected chi connectivity index (χ0v) is 35.6. The van der Waals surface area contributed by atoms with E-state index in [1.165, 1.54) is 170 Å². The highest BCUT2D eigenvalue weighted by atomic mass is 32.2. The highest BCUT2D eigenvalue weighted by molar-refractivity contribution is 7.98. The first-order chi connectivity index (χ1) is 25.2. The quantitative estimate of drug-likeness (QED) is 0.0606. The Labute approximate surface area is 329 Å². The number of rotatable bonds is 31. The van der Waals surface area contributed by atoms with Crippen molar-refractivity contribution in [2.24, 2.45) is 5.92 Å². The number of hydrazine groups is 2. The van der Waals surface area contributed by atoms with Crippen molar-refractivity contribution in [2.45, 2.75) is 180 Å². The van der Waals surface area contributed by atoms with E-state index in [0.29, 0.717) is 5.92 Å². The number of anilines is 2. The van der Waals surface area contributed by atoms with Gasteiger partial charge >= 0.3 is 0 Å². The van der Waals surface area contributed by atoms with E-state index < -0.39 is 0 Å². The molecule has 2 aromatic carbocycles. The molecule has 2 aromatic rings. The zero-order valence-electron chi connectivity index (χ0n) is 33.1. The van der Waals surface area contributed by atoms with E-state index in [-0.39, 0.29) is 0 Å². The van der Waals surface area contributed by atoms with Crippen molar-refractivity contribution in [3.63, 3.8) is 0 Å². The topological polar surface area (TPSA) is 18.5 Å². The van der Waals surface area contributed by atoms with E-state index in [1.54, 1.807) is 0 Å². The van der Waals surface area contributed by atoms with Crippen LogP contribution in [-0.2, 0) is 11.5 Å². The van der Waals surface area contributed by atoms with Gasteiger partial charge in [-0.2, -0.15) is 23.5 Å². The summed E-state index contributed by atoms with van der Waals surface area (Å²) < 4.78 is 0. The Morgan fingerprint density at radius 2 is 0.922 bits per heavy atom. The molecule has 0 aromatic heterocycles. The fourth-order valence-corrected chi connectivity index (χ4v) is 9.28. The first kappa shape index (κ1) is 44.2. The molecule has 1 saturated heterocycles. The number of benzene rings is 2. The zero-order chi connectivity index (χ0) is 36.2. The van der Waals surface area contributed by atoms with Gasteiger partial charge in [-0.3, -0.25) is 10.0 Å². The van der Waals surface area contributed by atoms with Crippen molar-refractivity contribution in [2.75, 3.05) is 28.1 Å². The summed E-state index contributed by atoms with van der Waals surface area (Å²) in [6, 6.07) is 18.3. The minimum absolute atomic E-state index is 0.355. The van der Waals surface area contributed by atoms with E-state index in [4.69, 9.17) is 12.2 Å². The smallest absolute Gasteiger partial charge is 0.104 e. The molecule has 0 amide bonds. The number of thiocarbonyl (C=S) groups is 1. The molecule has 0 bridgehead atoms. The van der Waals surface area contributed by atoms with Gasteiger partial charge in [-0.1, -0.05) is 186 Å². The Hall–Kier alpha value is -1.21. The maximum Gasteiger partial charge on any atom is 0.104 e. The lowest BCUT2D eigenvalue weighted by molar-refractivity contribution is 0.489. The summed E-state index contributed by atoms with van der Waals surface area (Å²) in [6.45, 7) is 7.79. The van der Waals surface area contributed by atoms with Crippen molar-refractivity contribution in [3.8, 4) is 0 Å². The van der Waals surface area contributed by atoms with Crippen LogP contribution in [0.15, 0.2) is 48.5 Å². The normalized spacial score (nSPS) is 14.9. The monoisotopic (exact) mass is 754 g/mol. The fourth-order valence-electron chi connectivity index (χ4n) is 6.98. The summed E-state index contributed by atoms with van der Waals surface area (Å²) in [5.41, 5.74) is 8.86. The first-order valence-corrected chi connectivity index (χ1v) is 24.1. The molecule has 1 atom stereocenters. The molecule has 1 aliphatic rings. The predicted molar refractivity (Wildman–Crippen MR) is 237 cm³/mol. The molecule has 1 aliphatic heterocycles. The maximum absolute atomic E-state index is 6.11. The van der Waals surface area contributed by atoms with Crippen LogP contribution in [0.5, 0.6) is 0 Å². The van der Waals surface area contributed by atoms with Gasteiger partial charge in [0.1, 0.15) is 4.99 Å². The molecule has 1 N–H and O–H groups in total. The molecule has 3 rings (SSSR count). The lowest BCUT2D eigenvalue weighted by atomic mass is 10.00. The van der Waals surface area contributed by atoms with Crippen LogP contribution in [0.25, 0.3) is 0 Å². The van der Waals surface area contributed by atoms with E-state index in [2.05, 4.69) is 108 Å². The number of thioether (sulfide) groups is 2. The van der Waals surface area contributed by atoms with Gasteiger partial charge in [0.2, 0.25) is 0 Å². The molecule has 0 saturated carbocycles. The summed E-state index contributed by atoms with van der Waals surface area (Å²) in [6.07, 6.45) is 31.7. The van der Waals surface area contributed by atoms with Gasteiger partial charge < -0.3 is 0 Å². The minimum Gasteiger partial charge on any atom is -0.290 e. The van der Waals surface area contributed by atoms with Gasteiger partial charge in [0.05, 0.1) is 11.4 Å². The molecule has 3 nitrogen and oxygen atoms in total. The second-order valence-electron chi connectivity index (χ2n) is 15.0. The van der Waals surface area contributed by atoms with Crippen LogP contribution >= 0.6 is 35.7 Å². The minimum atomic E-state index is 0.355. The highest BCUT2D eigenvalue weighted by Crippen LogP contribution is 2.29. The average molecular weight is 754 g/mol. The molecule has 6 heteroatoms. The molecular formula is C45H75N3S3.